The second-order valence-corrected chi connectivity index (χ2v) is 4.82. The quantitative estimate of drug-likeness (QED) is 0.829. The topological polar surface area (TPSA) is 58.6 Å². The fraction of sp³-hybridized carbons (Fsp3) is 0.235. The van der Waals surface area contributed by atoms with Crippen LogP contribution in [0.25, 0.3) is 0 Å². The summed E-state index contributed by atoms with van der Waals surface area (Å²) in [7, 11) is 1.74. The van der Waals surface area contributed by atoms with Crippen LogP contribution in [0.3, 0.4) is 0 Å². The largest absolute Gasteiger partial charge is 0.459 e. The number of anilines is 1. The van der Waals surface area contributed by atoms with Crippen molar-refractivity contribution < 1.29 is 14.6 Å². The minimum absolute atomic E-state index is 0.0695. The lowest BCUT2D eigenvalue weighted by molar-refractivity contribution is 0.0255. The molecular formula is C17H19NO3. The first kappa shape index (κ1) is 15.1. The Morgan fingerprint density at radius 1 is 1.19 bits per heavy atom. The highest BCUT2D eigenvalue weighted by Crippen LogP contribution is 2.18. The van der Waals surface area contributed by atoms with E-state index in [0.29, 0.717) is 11.3 Å². The lowest BCUT2D eigenvalue weighted by Gasteiger charge is -2.13. The Balaban J connectivity index is 1.99. The number of rotatable bonds is 5. The number of carbonyl (C=O) groups is 1. The van der Waals surface area contributed by atoms with E-state index in [1.807, 2.05) is 37.3 Å². The van der Waals surface area contributed by atoms with E-state index >= 15 is 0 Å². The Morgan fingerprint density at radius 3 is 2.52 bits per heavy atom. The number of aryl methyl sites for hydroxylation is 1. The monoisotopic (exact) mass is 285 g/mol. The van der Waals surface area contributed by atoms with E-state index in [0.717, 1.165) is 11.1 Å². The Kier molecular flexibility index (Phi) is 4.95. The molecule has 0 amide bonds. The van der Waals surface area contributed by atoms with Gasteiger partial charge in [-0.25, -0.2) is 4.79 Å². The summed E-state index contributed by atoms with van der Waals surface area (Å²) >= 11 is 0. The lowest BCUT2D eigenvalue weighted by Crippen LogP contribution is -2.14. The van der Waals surface area contributed by atoms with Gasteiger partial charge in [-0.2, -0.15) is 0 Å². The maximum atomic E-state index is 12.0. The molecule has 0 heterocycles. The number of carbonyl (C=O) groups excluding carboxylic acids is 1. The summed E-state index contributed by atoms with van der Waals surface area (Å²) in [6.45, 7) is 1.91. The molecule has 2 N–H and O–H groups in total. The minimum atomic E-state index is -0.823. The summed E-state index contributed by atoms with van der Waals surface area (Å²) in [4.78, 5) is 12.0. The fourth-order valence-corrected chi connectivity index (χ4v) is 2.00. The van der Waals surface area contributed by atoms with E-state index in [2.05, 4.69) is 5.32 Å². The number of aliphatic hydroxyl groups is 1. The molecule has 0 spiro atoms. The molecule has 2 aromatic carbocycles. The van der Waals surface area contributed by atoms with Crippen LogP contribution in [0.4, 0.5) is 5.69 Å². The van der Waals surface area contributed by atoms with Gasteiger partial charge < -0.3 is 15.2 Å². The maximum absolute atomic E-state index is 12.0. The van der Waals surface area contributed by atoms with E-state index < -0.39 is 12.1 Å². The standard InChI is InChI=1S/C17H19NO3/c1-12-7-9-13(10-8-12)16(19)11-21-17(20)14-5-3-4-6-15(14)18-2/h3-10,16,18-19H,11H2,1-2H3. The number of ether oxygens (including phenoxy) is 1. The molecule has 0 aliphatic carbocycles. The van der Waals surface area contributed by atoms with Crippen molar-refractivity contribution in [2.45, 2.75) is 13.0 Å². The second kappa shape index (κ2) is 6.90. The van der Waals surface area contributed by atoms with Gasteiger partial charge in [-0.15, -0.1) is 0 Å². The fourth-order valence-electron chi connectivity index (χ4n) is 2.00. The third-order valence-electron chi connectivity index (χ3n) is 3.25. The van der Waals surface area contributed by atoms with Gasteiger partial charge in [-0.1, -0.05) is 42.0 Å². The molecule has 0 saturated carbocycles. The van der Waals surface area contributed by atoms with Crippen LogP contribution in [0, 0.1) is 6.92 Å². The van der Waals surface area contributed by atoms with Crippen LogP contribution < -0.4 is 5.32 Å². The lowest BCUT2D eigenvalue weighted by atomic mass is 10.1. The van der Waals surface area contributed by atoms with Gasteiger partial charge >= 0.3 is 5.97 Å². The second-order valence-electron chi connectivity index (χ2n) is 4.82. The van der Waals surface area contributed by atoms with Gasteiger partial charge in [0.2, 0.25) is 0 Å². The maximum Gasteiger partial charge on any atom is 0.340 e. The first-order valence-corrected chi connectivity index (χ1v) is 6.80. The number of hydrogen-bond acceptors (Lipinski definition) is 4. The number of nitrogens with one attached hydrogen (secondary N) is 1. The minimum Gasteiger partial charge on any atom is -0.459 e. The number of hydrogen-bond donors (Lipinski definition) is 2. The van der Waals surface area contributed by atoms with Gasteiger partial charge in [-0.05, 0) is 24.6 Å². The molecule has 0 aromatic heterocycles. The Morgan fingerprint density at radius 2 is 1.86 bits per heavy atom. The zero-order valence-electron chi connectivity index (χ0n) is 12.2. The van der Waals surface area contributed by atoms with Crippen molar-refractivity contribution in [2.24, 2.45) is 0 Å². The molecule has 110 valence electrons. The average molecular weight is 285 g/mol. The van der Waals surface area contributed by atoms with Crippen LogP contribution in [0.5, 0.6) is 0 Å². The molecule has 0 aliphatic rings. The molecule has 0 saturated heterocycles. The van der Waals surface area contributed by atoms with Gasteiger partial charge in [-0.3, -0.25) is 0 Å². The van der Waals surface area contributed by atoms with Crippen molar-refractivity contribution in [3.8, 4) is 0 Å². The molecule has 0 aliphatic heterocycles. The number of aliphatic hydroxyl groups excluding tert-OH is 1. The Labute approximate surface area is 124 Å². The molecule has 2 rings (SSSR count). The van der Waals surface area contributed by atoms with Crippen LogP contribution in [0.2, 0.25) is 0 Å². The highest BCUT2D eigenvalue weighted by atomic mass is 16.5. The molecule has 1 unspecified atom stereocenters. The van der Waals surface area contributed by atoms with Crippen molar-refractivity contribution in [1.82, 2.24) is 0 Å². The summed E-state index contributed by atoms with van der Waals surface area (Å²) in [5, 5.41) is 13.0. The molecule has 0 fully saturated rings. The van der Waals surface area contributed by atoms with Crippen LogP contribution in [-0.4, -0.2) is 24.7 Å². The van der Waals surface area contributed by atoms with E-state index in [1.165, 1.54) is 0 Å². The van der Waals surface area contributed by atoms with Crippen molar-refractivity contribution in [3.63, 3.8) is 0 Å². The van der Waals surface area contributed by atoms with Gasteiger partial charge in [0.05, 0.1) is 5.56 Å². The smallest absolute Gasteiger partial charge is 0.340 e. The number of esters is 1. The van der Waals surface area contributed by atoms with Gasteiger partial charge in [0.25, 0.3) is 0 Å². The first-order valence-electron chi connectivity index (χ1n) is 6.80. The van der Waals surface area contributed by atoms with Crippen LogP contribution >= 0.6 is 0 Å². The summed E-state index contributed by atoms with van der Waals surface area (Å²) in [6, 6.07) is 14.6. The van der Waals surface area contributed by atoms with E-state index in [4.69, 9.17) is 4.74 Å². The molecule has 0 bridgehead atoms. The van der Waals surface area contributed by atoms with E-state index in [9.17, 15) is 9.90 Å². The van der Waals surface area contributed by atoms with Crippen molar-refractivity contribution in [1.29, 1.82) is 0 Å². The zero-order valence-corrected chi connectivity index (χ0v) is 12.2. The third-order valence-corrected chi connectivity index (χ3v) is 3.25. The molecule has 1 atom stereocenters. The molecule has 4 nitrogen and oxygen atoms in total. The predicted octanol–water partition coefficient (Wildman–Crippen LogP) is 2.93. The highest BCUT2D eigenvalue weighted by molar-refractivity contribution is 5.95. The summed E-state index contributed by atoms with van der Waals surface area (Å²) in [6.07, 6.45) is -0.823. The summed E-state index contributed by atoms with van der Waals surface area (Å²) < 4.78 is 5.19. The summed E-state index contributed by atoms with van der Waals surface area (Å²) in [5.74, 6) is -0.453. The van der Waals surface area contributed by atoms with Crippen molar-refractivity contribution in [3.05, 3.63) is 65.2 Å². The van der Waals surface area contributed by atoms with Crippen LogP contribution in [0.1, 0.15) is 27.6 Å². The Bertz CT molecular complexity index is 608. The van der Waals surface area contributed by atoms with Crippen LogP contribution in [0.15, 0.2) is 48.5 Å². The third kappa shape index (κ3) is 3.83. The van der Waals surface area contributed by atoms with Crippen molar-refractivity contribution >= 4 is 11.7 Å². The summed E-state index contributed by atoms with van der Waals surface area (Å²) in [5.41, 5.74) is 3.00. The molecular weight excluding hydrogens is 266 g/mol. The average Bonchev–Trinajstić information content (AvgIpc) is 2.52. The van der Waals surface area contributed by atoms with Gasteiger partial charge in [0, 0.05) is 12.7 Å². The van der Waals surface area contributed by atoms with Crippen LogP contribution in [-0.2, 0) is 4.74 Å². The molecule has 2 aromatic rings. The normalized spacial score (nSPS) is 11.8. The molecule has 0 radical (unpaired) electrons. The SMILES string of the molecule is CNc1ccccc1C(=O)OCC(O)c1ccc(C)cc1. The van der Waals surface area contributed by atoms with Gasteiger partial charge in [0.1, 0.15) is 12.7 Å². The van der Waals surface area contributed by atoms with E-state index in [-0.39, 0.29) is 6.61 Å². The predicted molar refractivity (Wildman–Crippen MR) is 82.4 cm³/mol. The van der Waals surface area contributed by atoms with E-state index in [1.54, 1.807) is 25.2 Å². The highest BCUT2D eigenvalue weighted by Gasteiger charge is 2.14. The van der Waals surface area contributed by atoms with Crippen molar-refractivity contribution in [2.75, 3.05) is 19.0 Å². The number of para-hydroxylation sites is 1. The molecule has 4 heteroatoms. The number of benzene rings is 2. The molecule has 21 heavy (non-hydrogen) atoms. The Hall–Kier alpha value is -2.33. The zero-order chi connectivity index (χ0) is 15.2. The van der Waals surface area contributed by atoms with Gasteiger partial charge in [0.15, 0.2) is 0 Å². The first-order chi connectivity index (χ1) is 10.1.